The summed E-state index contributed by atoms with van der Waals surface area (Å²) in [6.45, 7) is 4.57. The number of carbonyl (C=O) groups is 1. The fourth-order valence-electron chi connectivity index (χ4n) is 1.38. The summed E-state index contributed by atoms with van der Waals surface area (Å²) in [5.41, 5.74) is 6.61. The van der Waals surface area contributed by atoms with Crippen molar-refractivity contribution >= 4 is 5.91 Å². The quantitative estimate of drug-likeness (QED) is 0.813. The van der Waals surface area contributed by atoms with Crippen LogP contribution < -0.4 is 10.5 Å². The van der Waals surface area contributed by atoms with E-state index in [4.69, 9.17) is 10.5 Å². The first-order chi connectivity index (χ1) is 8.52. The first-order valence-electron chi connectivity index (χ1n) is 6.10. The van der Waals surface area contributed by atoms with Gasteiger partial charge in [0.2, 0.25) is 0 Å². The molecule has 18 heavy (non-hydrogen) atoms. The Morgan fingerprint density at radius 2 is 2.28 bits per heavy atom. The van der Waals surface area contributed by atoms with E-state index in [-0.39, 0.29) is 18.6 Å². The Labute approximate surface area is 108 Å². The normalized spacial score (nSPS) is 12.0. The van der Waals surface area contributed by atoms with Crippen molar-refractivity contribution in [1.82, 2.24) is 9.88 Å². The van der Waals surface area contributed by atoms with Crippen LogP contribution in [-0.4, -0.2) is 42.0 Å². The molecule has 0 saturated heterocycles. The maximum absolute atomic E-state index is 11.5. The third-order valence-electron chi connectivity index (χ3n) is 2.59. The SMILES string of the molecule is CCN(C)C(=O)COc1ccc(CC(C)N)nc1. The van der Waals surface area contributed by atoms with E-state index in [1.54, 1.807) is 18.1 Å². The molecule has 0 radical (unpaired) electrons. The van der Waals surface area contributed by atoms with Crippen LogP contribution in [0.15, 0.2) is 18.3 Å². The van der Waals surface area contributed by atoms with Crippen molar-refractivity contribution in [2.75, 3.05) is 20.2 Å². The van der Waals surface area contributed by atoms with Gasteiger partial charge in [-0.1, -0.05) is 0 Å². The highest BCUT2D eigenvalue weighted by Gasteiger charge is 2.07. The molecule has 1 aromatic heterocycles. The maximum atomic E-state index is 11.5. The lowest BCUT2D eigenvalue weighted by Gasteiger charge is -2.14. The van der Waals surface area contributed by atoms with Crippen LogP contribution >= 0.6 is 0 Å². The molecular formula is C13H21N3O2. The van der Waals surface area contributed by atoms with Crippen molar-refractivity contribution in [2.24, 2.45) is 5.73 Å². The molecule has 0 aliphatic rings. The minimum atomic E-state index is -0.0443. The summed E-state index contributed by atoms with van der Waals surface area (Å²) >= 11 is 0. The highest BCUT2D eigenvalue weighted by atomic mass is 16.5. The van der Waals surface area contributed by atoms with Gasteiger partial charge in [-0.25, -0.2) is 0 Å². The minimum absolute atomic E-state index is 0.0403. The lowest BCUT2D eigenvalue weighted by molar-refractivity contribution is -0.131. The Morgan fingerprint density at radius 1 is 1.56 bits per heavy atom. The predicted molar refractivity (Wildman–Crippen MR) is 70.4 cm³/mol. The van der Waals surface area contributed by atoms with E-state index in [0.29, 0.717) is 12.3 Å². The highest BCUT2D eigenvalue weighted by Crippen LogP contribution is 2.10. The van der Waals surface area contributed by atoms with E-state index in [2.05, 4.69) is 4.98 Å². The number of amides is 1. The van der Waals surface area contributed by atoms with Crippen molar-refractivity contribution in [3.05, 3.63) is 24.0 Å². The van der Waals surface area contributed by atoms with Gasteiger partial charge in [0, 0.05) is 31.7 Å². The lowest BCUT2D eigenvalue weighted by atomic mass is 10.2. The minimum Gasteiger partial charge on any atom is -0.482 e. The topological polar surface area (TPSA) is 68.5 Å². The summed E-state index contributed by atoms with van der Waals surface area (Å²) in [5, 5.41) is 0. The van der Waals surface area contributed by atoms with E-state index < -0.39 is 0 Å². The standard InChI is InChI=1S/C13H21N3O2/c1-4-16(3)13(17)9-18-12-6-5-11(15-8-12)7-10(2)14/h5-6,8,10H,4,7,9,14H2,1-3H3. The summed E-state index contributed by atoms with van der Waals surface area (Å²) in [6, 6.07) is 3.76. The van der Waals surface area contributed by atoms with Gasteiger partial charge in [0.1, 0.15) is 5.75 Å². The molecule has 1 amide bonds. The molecule has 1 aromatic rings. The summed E-state index contributed by atoms with van der Waals surface area (Å²) in [6.07, 6.45) is 2.36. The average molecular weight is 251 g/mol. The van der Waals surface area contributed by atoms with Crippen molar-refractivity contribution in [3.63, 3.8) is 0 Å². The van der Waals surface area contributed by atoms with E-state index >= 15 is 0 Å². The fraction of sp³-hybridized carbons (Fsp3) is 0.538. The second kappa shape index (κ2) is 6.96. The van der Waals surface area contributed by atoms with Gasteiger partial charge >= 0.3 is 0 Å². The number of hydrogen-bond acceptors (Lipinski definition) is 4. The van der Waals surface area contributed by atoms with Gasteiger partial charge in [0.05, 0.1) is 6.20 Å². The number of pyridine rings is 1. The van der Waals surface area contributed by atoms with E-state index in [1.807, 2.05) is 26.0 Å². The van der Waals surface area contributed by atoms with Gasteiger partial charge in [-0.2, -0.15) is 0 Å². The molecule has 0 aliphatic carbocycles. The molecule has 0 saturated carbocycles. The predicted octanol–water partition coefficient (Wildman–Crippen LogP) is 0.828. The zero-order valence-electron chi connectivity index (χ0n) is 11.2. The maximum Gasteiger partial charge on any atom is 0.260 e. The lowest BCUT2D eigenvalue weighted by Crippen LogP contribution is -2.31. The molecule has 0 aromatic carbocycles. The number of nitrogens with zero attached hydrogens (tertiary/aromatic N) is 2. The van der Waals surface area contributed by atoms with Crippen LogP contribution in [0.3, 0.4) is 0 Å². The first-order valence-corrected chi connectivity index (χ1v) is 6.10. The molecule has 5 heteroatoms. The Morgan fingerprint density at radius 3 is 2.78 bits per heavy atom. The number of nitrogens with two attached hydrogens (primary N) is 1. The van der Waals surface area contributed by atoms with Gasteiger partial charge in [0.15, 0.2) is 6.61 Å². The Kier molecular flexibility index (Phi) is 5.58. The van der Waals surface area contributed by atoms with Crippen molar-refractivity contribution in [2.45, 2.75) is 26.3 Å². The van der Waals surface area contributed by atoms with Gasteiger partial charge in [-0.15, -0.1) is 0 Å². The van der Waals surface area contributed by atoms with E-state index in [1.165, 1.54) is 0 Å². The van der Waals surface area contributed by atoms with E-state index in [9.17, 15) is 4.79 Å². The van der Waals surface area contributed by atoms with Crippen LogP contribution in [0.2, 0.25) is 0 Å². The molecule has 5 nitrogen and oxygen atoms in total. The molecule has 2 N–H and O–H groups in total. The van der Waals surface area contributed by atoms with Crippen LogP contribution in [-0.2, 0) is 11.2 Å². The van der Waals surface area contributed by atoms with Gasteiger partial charge in [-0.05, 0) is 26.0 Å². The molecule has 1 heterocycles. The zero-order chi connectivity index (χ0) is 13.5. The summed E-state index contributed by atoms with van der Waals surface area (Å²) in [5.74, 6) is 0.554. The second-order valence-corrected chi connectivity index (χ2v) is 4.36. The smallest absolute Gasteiger partial charge is 0.260 e. The van der Waals surface area contributed by atoms with Crippen LogP contribution in [0.4, 0.5) is 0 Å². The second-order valence-electron chi connectivity index (χ2n) is 4.36. The number of carbonyl (C=O) groups excluding carboxylic acids is 1. The number of ether oxygens (including phenoxy) is 1. The van der Waals surface area contributed by atoms with Crippen LogP contribution in [0.25, 0.3) is 0 Å². The first kappa shape index (κ1) is 14.4. The molecule has 1 unspecified atom stereocenters. The highest BCUT2D eigenvalue weighted by molar-refractivity contribution is 5.77. The number of likely N-dealkylation sites (N-methyl/N-ethyl adjacent to an activating group) is 1. The van der Waals surface area contributed by atoms with Crippen LogP contribution in [0, 0.1) is 0 Å². The molecule has 1 atom stereocenters. The van der Waals surface area contributed by atoms with E-state index in [0.717, 1.165) is 12.1 Å². The van der Waals surface area contributed by atoms with Gasteiger partial charge in [0.25, 0.3) is 5.91 Å². The zero-order valence-corrected chi connectivity index (χ0v) is 11.2. The Balaban J connectivity index is 2.46. The van der Waals surface area contributed by atoms with Gasteiger partial charge < -0.3 is 15.4 Å². The molecule has 0 bridgehead atoms. The summed E-state index contributed by atoms with van der Waals surface area (Å²) in [7, 11) is 1.75. The van der Waals surface area contributed by atoms with Crippen molar-refractivity contribution in [1.29, 1.82) is 0 Å². The van der Waals surface area contributed by atoms with Crippen molar-refractivity contribution in [3.8, 4) is 5.75 Å². The van der Waals surface area contributed by atoms with Crippen LogP contribution in [0.1, 0.15) is 19.5 Å². The Hall–Kier alpha value is -1.62. The molecule has 0 spiro atoms. The number of hydrogen-bond donors (Lipinski definition) is 1. The Bertz CT molecular complexity index is 376. The monoisotopic (exact) mass is 251 g/mol. The number of rotatable bonds is 6. The molecule has 100 valence electrons. The largest absolute Gasteiger partial charge is 0.482 e. The molecule has 0 fully saturated rings. The molecular weight excluding hydrogens is 230 g/mol. The summed E-state index contributed by atoms with van der Waals surface area (Å²) in [4.78, 5) is 17.4. The molecule has 0 aliphatic heterocycles. The third-order valence-corrected chi connectivity index (χ3v) is 2.59. The van der Waals surface area contributed by atoms with Crippen LogP contribution in [0.5, 0.6) is 5.75 Å². The van der Waals surface area contributed by atoms with Gasteiger partial charge in [-0.3, -0.25) is 9.78 Å². The number of aromatic nitrogens is 1. The average Bonchev–Trinajstić information content (AvgIpc) is 2.36. The summed E-state index contributed by atoms with van der Waals surface area (Å²) < 4.78 is 5.37. The fourth-order valence-corrected chi connectivity index (χ4v) is 1.38. The molecule has 1 rings (SSSR count). The van der Waals surface area contributed by atoms with Crippen molar-refractivity contribution < 1.29 is 9.53 Å². The third kappa shape index (κ3) is 4.71.